The fraction of sp³-hybridized carbons (Fsp3) is 0.250. The summed E-state index contributed by atoms with van der Waals surface area (Å²) in [5, 5.41) is 11.5. The third-order valence-corrected chi connectivity index (χ3v) is 1.54. The zero-order chi connectivity index (χ0) is 9.84. The van der Waals surface area contributed by atoms with Gasteiger partial charge in [0.05, 0.1) is 7.11 Å². The van der Waals surface area contributed by atoms with Crippen LogP contribution in [0.4, 0.5) is 5.82 Å². The lowest BCUT2D eigenvalue weighted by molar-refractivity contribution is 0.0692. The van der Waals surface area contributed by atoms with E-state index in [4.69, 9.17) is 9.84 Å². The number of carboxylic acids is 1. The lowest BCUT2D eigenvalue weighted by Gasteiger charge is -2.05. The number of methoxy groups -OCH3 is 1. The number of rotatable bonds is 3. The second kappa shape index (κ2) is 3.75. The van der Waals surface area contributed by atoms with Crippen LogP contribution in [-0.4, -0.2) is 30.2 Å². The van der Waals surface area contributed by atoms with Gasteiger partial charge in [-0.2, -0.15) is 4.98 Å². The maximum Gasteiger partial charge on any atom is 0.341 e. The van der Waals surface area contributed by atoms with Crippen LogP contribution in [0.1, 0.15) is 10.4 Å². The highest BCUT2D eigenvalue weighted by Gasteiger charge is 2.11. The van der Waals surface area contributed by atoms with E-state index in [0.717, 1.165) is 0 Å². The number of carboxylic acid groups (broad SMARTS) is 1. The lowest BCUT2D eigenvalue weighted by atomic mass is 10.2. The summed E-state index contributed by atoms with van der Waals surface area (Å²) in [6, 6.07) is 3.02. The summed E-state index contributed by atoms with van der Waals surface area (Å²) < 4.78 is 4.82. The average molecular weight is 182 g/mol. The number of aromatic carboxylic acids is 1. The summed E-state index contributed by atoms with van der Waals surface area (Å²) in [4.78, 5) is 14.6. The highest BCUT2D eigenvalue weighted by atomic mass is 16.5. The van der Waals surface area contributed by atoms with Crippen molar-refractivity contribution in [2.45, 2.75) is 0 Å². The zero-order valence-electron chi connectivity index (χ0n) is 7.37. The van der Waals surface area contributed by atoms with Crippen LogP contribution in [-0.2, 0) is 0 Å². The van der Waals surface area contributed by atoms with E-state index in [1.807, 2.05) is 0 Å². The van der Waals surface area contributed by atoms with Gasteiger partial charge in [-0.05, 0) is 12.1 Å². The van der Waals surface area contributed by atoms with Crippen LogP contribution in [0.5, 0.6) is 5.88 Å². The van der Waals surface area contributed by atoms with Gasteiger partial charge >= 0.3 is 5.97 Å². The molecule has 2 N–H and O–H groups in total. The van der Waals surface area contributed by atoms with Crippen LogP contribution in [0.25, 0.3) is 0 Å². The predicted molar refractivity (Wildman–Crippen MR) is 47.3 cm³/mol. The summed E-state index contributed by atoms with van der Waals surface area (Å²) in [7, 11) is 3.08. The normalized spacial score (nSPS) is 9.38. The van der Waals surface area contributed by atoms with Crippen LogP contribution in [0.3, 0.4) is 0 Å². The Bertz CT molecular complexity index is 325. The number of nitrogens with zero attached hydrogens (tertiary/aromatic N) is 1. The van der Waals surface area contributed by atoms with Gasteiger partial charge in [-0.3, -0.25) is 0 Å². The van der Waals surface area contributed by atoms with E-state index in [0.29, 0.717) is 5.82 Å². The van der Waals surface area contributed by atoms with Gasteiger partial charge in [0, 0.05) is 7.05 Å². The lowest BCUT2D eigenvalue weighted by Crippen LogP contribution is -2.04. The number of nitrogens with one attached hydrogen (secondary N) is 1. The summed E-state index contributed by atoms with van der Waals surface area (Å²) in [5.74, 6) is -0.367. The first kappa shape index (κ1) is 9.31. The van der Waals surface area contributed by atoms with Gasteiger partial charge in [0.25, 0.3) is 0 Å². The van der Waals surface area contributed by atoms with Crippen LogP contribution in [0, 0.1) is 0 Å². The zero-order valence-corrected chi connectivity index (χ0v) is 7.37. The molecule has 0 radical (unpaired) electrons. The van der Waals surface area contributed by atoms with Crippen molar-refractivity contribution in [1.29, 1.82) is 0 Å². The van der Waals surface area contributed by atoms with Gasteiger partial charge in [-0.15, -0.1) is 0 Å². The largest absolute Gasteiger partial charge is 0.480 e. The quantitative estimate of drug-likeness (QED) is 0.724. The number of hydrogen-bond acceptors (Lipinski definition) is 4. The highest BCUT2D eigenvalue weighted by Crippen LogP contribution is 2.17. The molecule has 13 heavy (non-hydrogen) atoms. The minimum atomic E-state index is -1.05. The molecule has 0 saturated heterocycles. The van der Waals surface area contributed by atoms with Gasteiger partial charge in [0.15, 0.2) is 0 Å². The van der Waals surface area contributed by atoms with Crippen molar-refractivity contribution in [3.63, 3.8) is 0 Å². The molecule has 0 fully saturated rings. The van der Waals surface area contributed by atoms with Crippen LogP contribution in [0.15, 0.2) is 12.1 Å². The number of ether oxygens (including phenoxy) is 1. The van der Waals surface area contributed by atoms with Crippen molar-refractivity contribution >= 4 is 11.8 Å². The molecular weight excluding hydrogens is 172 g/mol. The smallest absolute Gasteiger partial charge is 0.341 e. The van der Waals surface area contributed by atoms with Gasteiger partial charge in [0.2, 0.25) is 5.88 Å². The molecule has 0 atom stereocenters. The minimum Gasteiger partial charge on any atom is -0.480 e. The first-order valence-electron chi connectivity index (χ1n) is 3.65. The SMILES string of the molecule is CNc1ccc(C(=O)O)c(OC)n1. The molecule has 1 rings (SSSR count). The summed E-state index contributed by atoms with van der Waals surface area (Å²) >= 11 is 0. The molecule has 0 aliphatic carbocycles. The fourth-order valence-corrected chi connectivity index (χ4v) is 0.898. The molecule has 5 heteroatoms. The van der Waals surface area contributed by atoms with Crippen molar-refractivity contribution in [2.75, 3.05) is 19.5 Å². The number of hydrogen-bond donors (Lipinski definition) is 2. The van der Waals surface area contributed by atoms with Crippen molar-refractivity contribution in [1.82, 2.24) is 4.98 Å². The van der Waals surface area contributed by atoms with Crippen LogP contribution in [0.2, 0.25) is 0 Å². The Labute approximate surface area is 75.4 Å². The van der Waals surface area contributed by atoms with Crippen molar-refractivity contribution < 1.29 is 14.6 Å². The van der Waals surface area contributed by atoms with Crippen molar-refractivity contribution in [3.8, 4) is 5.88 Å². The Balaban J connectivity index is 3.15. The van der Waals surface area contributed by atoms with E-state index in [2.05, 4.69) is 10.3 Å². The Hall–Kier alpha value is -1.78. The number of pyridine rings is 1. The average Bonchev–Trinajstić information content (AvgIpc) is 2.16. The van der Waals surface area contributed by atoms with Crippen molar-refractivity contribution in [3.05, 3.63) is 17.7 Å². The molecule has 0 aliphatic rings. The molecule has 5 nitrogen and oxygen atoms in total. The number of carbonyl (C=O) groups is 1. The molecule has 0 bridgehead atoms. The molecule has 1 aromatic rings. The standard InChI is InChI=1S/C8H10N2O3/c1-9-6-4-3-5(8(11)12)7(10-6)13-2/h3-4H,1-2H3,(H,9,10)(H,11,12). The van der Waals surface area contributed by atoms with Crippen LogP contribution < -0.4 is 10.1 Å². The van der Waals surface area contributed by atoms with E-state index in [-0.39, 0.29) is 11.4 Å². The summed E-state index contributed by atoms with van der Waals surface area (Å²) in [6.07, 6.45) is 0. The first-order chi connectivity index (χ1) is 6.19. The Morgan fingerprint density at radius 1 is 1.62 bits per heavy atom. The van der Waals surface area contributed by atoms with Gasteiger partial charge < -0.3 is 15.2 Å². The molecule has 0 aliphatic heterocycles. The number of aromatic nitrogens is 1. The molecule has 0 saturated carbocycles. The van der Waals surface area contributed by atoms with E-state index >= 15 is 0 Å². The van der Waals surface area contributed by atoms with Gasteiger partial charge in [-0.1, -0.05) is 0 Å². The predicted octanol–water partition coefficient (Wildman–Crippen LogP) is 0.830. The van der Waals surface area contributed by atoms with Crippen molar-refractivity contribution in [2.24, 2.45) is 0 Å². The van der Waals surface area contributed by atoms with Gasteiger partial charge in [0.1, 0.15) is 11.4 Å². The molecule has 0 amide bonds. The molecule has 0 unspecified atom stereocenters. The Morgan fingerprint density at radius 2 is 2.31 bits per heavy atom. The minimum absolute atomic E-state index is 0.0569. The third-order valence-electron chi connectivity index (χ3n) is 1.54. The number of anilines is 1. The van der Waals surface area contributed by atoms with E-state index in [1.165, 1.54) is 13.2 Å². The topological polar surface area (TPSA) is 71.5 Å². The summed E-state index contributed by atoms with van der Waals surface area (Å²) in [6.45, 7) is 0. The third kappa shape index (κ3) is 1.87. The van der Waals surface area contributed by atoms with E-state index in [1.54, 1.807) is 13.1 Å². The maximum absolute atomic E-state index is 10.6. The van der Waals surface area contributed by atoms with Crippen LogP contribution >= 0.6 is 0 Å². The Morgan fingerprint density at radius 3 is 2.77 bits per heavy atom. The monoisotopic (exact) mass is 182 g/mol. The Kier molecular flexibility index (Phi) is 2.69. The van der Waals surface area contributed by atoms with Gasteiger partial charge in [-0.25, -0.2) is 4.79 Å². The first-order valence-corrected chi connectivity index (χ1v) is 3.65. The molecule has 70 valence electrons. The second-order valence-corrected chi connectivity index (χ2v) is 2.31. The van der Waals surface area contributed by atoms with E-state index in [9.17, 15) is 4.79 Å². The fourth-order valence-electron chi connectivity index (χ4n) is 0.898. The molecule has 1 aromatic heterocycles. The molecule has 0 spiro atoms. The molecule has 0 aromatic carbocycles. The molecular formula is C8H10N2O3. The molecule has 1 heterocycles. The maximum atomic E-state index is 10.6. The van der Waals surface area contributed by atoms with E-state index < -0.39 is 5.97 Å². The summed E-state index contributed by atoms with van der Waals surface area (Å²) in [5.41, 5.74) is 0.0569. The highest BCUT2D eigenvalue weighted by molar-refractivity contribution is 5.90. The second-order valence-electron chi connectivity index (χ2n) is 2.31.